The highest BCUT2D eigenvalue weighted by Crippen LogP contribution is 2.30. The van der Waals surface area contributed by atoms with E-state index >= 15 is 0 Å². The summed E-state index contributed by atoms with van der Waals surface area (Å²) in [6, 6.07) is 5.83. The number of methoxy groups -OCH3 is 1. The van der Waals surface area contributed by atoms with Gasteiger partial charge in [0.25, 0.3) is 5.91 Å². The van der Waals surface area contributed by atoms with E-state index in [4.69, 9.17) is 9.47 Å². The van der Waals surface area contributed by atoms with Crippen LogP contribution in [0.5, 0.6) is 11.5 Å². The molecule has 0 unspecified atom stereocenters. The standard InChI is InChI=1S/C18H22N4O3/c1-3-19-18-21-9-14(10-22-18)17(23)20-8-12-6-13-4-5-15(24-2)7-16(13)25-11-12/h4-5,7,9-10,12H,3,6,8,11H2,1-2H3,(H,20,23)(H,19,21,22)/t12-/m1/s1. The number of hydrogen-bond acceptors (Lipinski definition) is 6. The summed E-state index contributed by atoms with van der Waals surface area (Å²) >= 11 is 0. The molecule has 0 fully saturated rings. The number of nitrogens with one attached hydrogen (secondary N) is 2. The molecule has 0 bridgehead atoms. The van der Waals surface area contributed by atoms with Crippen LogP contribution in [-0.2, 0) is 6.42 Å². The molecule has 7 heteroatoms. The molecule has 1 amide bonds. The maximum absolute atomic E-state index is 12.2. The second-order valence-corrected chi connectivity index (χ2v) is 5.89. The SMILES string of the molecule is CCNc1ncc(C(=O)NC[C@@H]2COc3cc(OC)ccc3C2)cn1. The summed E-state index contributed by atoms with van der Waals surface area (Å²) in [6.45, 7) is 3.81. The highest BCUT2D eigenvalue weighted by atomic mass is 16.5. The largest absolute Gasteiger partial charge is 0.497 e. The Morgan fingerprint density at radius 1 is 1.36 bits per heavy atom. The van der Waals surface area contributed by atoms with Gasteiger partial charge in [0.2, 0.25) is 5.95 Å². The first-order valence-electron chi connectivity index (χ1n) is 8.33. The molecule has 7 nitrogen and oxygen atoms in total. The fourth-order valence-corrected chi connectivity index (χ4v) is 2.71. The van der Waals surface area contributed by atoms with E-state index in [0.717, 1.165) is 30.0 Å². The normalized spacial score (nSPS) is 15.7. The zero-order valence-electron chi connectivity index (χ0n) is 14.4. The lowest BCUT2D eigenvalue weighted by Gasteiger charge is -2.25. The van der Waals surface area contributed by atoms with Crippen molar-refractivity contribution in [2.24, 2.45) is 5.92 Å². The predicted octanol–water partition coefficient (Wildman–Crippen LogP) is 1.90. The van der Waals surface area contributed by atoms with Crippen LogP contribution in [-0.4, -0.2) is 42.7 Å². The molecule has 1 aromatic heterocycles. The van der Waals surface area contributed by atoms with Crippen molar-refractivity contribution in [3.05, 3.63) is 41.7 Å². The van der Waals surface area contributed by atoms with Gasteiger partial charge < -0.3 is 20.1 Å². The molecule has 2 aromatic rings. The van der Waals surface area contributed by atoms with Crippen LogP contribution in [0.3, 0.4) is 0 Å². The highest BCUT2D eigenvalue weighted by Gasteiger charge is 2.21. The fraction of sp³-hybridized carbons (Fsp3) is 0.389. The zero-order valence-corrected chi connectivity index (χ0v) is 14.4. The fourth-order valence-electron chi connectivity index (χ4n) is 2.71. The first-order chi connectivity index (χ1) is 12.2. The monoisotopic (exact) mass is 342 g/mol. The van der Waals surface area contributed by atoms with Crippen LogP contribution >= 0.6 is 0 Å². The third-order valence-electron chi connectivity index (χ3n) is 4.06. The quantitative estimate of drug-likeness (QED) is 0.834. The number of anilines is 1. The molecule has 2 heterocycles. The first kappa shape index (κ1) is 17.0. The molecular weight excluding hydrogens is 320 g/mol. The molecular formula is C18H22N4O3. The summed E-state index contributed by atoms with van der Waals surface area (Å²) in [5.74, 6) is 2.21. The first-order valence-corrected chi connectivity index (χ1v) is 8.33. The summed E-state index contributed by atoms with van der Waals surface area (Å²) in [7, 11) is 1.64. The summed E-state index contributed by atoms with van der Waals surface area (Å²) in [5, 5.41) is 5.92. The third-order valence-corrected chi connectivity index (χ3v) is 4.06. The molecule has 3 rings (SSSR count). The number of nitrogens with zero attached hydrogens (tertiary/aromatic N) is 2. The van der Waals surface area contributed by atoms with E-state index < -0.39 is 0 Å². The van der Waals surface area contributed by atoms with Crippen molar-refractivity contribution in [3.8, 4) is 11.5 Å². The molecule has 2 N–H and O–H groups in total. The van der Waals surface area contributed by atoms with Crippen LogP contribution in [0.1, 0.15) is 22.8 Å². The average Bonchev–Trinajstić information content (AvgIpc) is 2.66. The Morgan fingerprint density at radius 3 is 2.88 bits per heavy atom. The van der Waals surface area contributed by atoms with Gasteiger partial charge in [-0.3, -0.25) is 4.79 Å². The lowest BCUT2D eigenvalue weighted by atomic mass is 9.96. The number of benzene rings is 1. The molecule has 0 radical (unpaired) electrons. The van der Waals surface area contributed by atoms with Gasteiger partial charge in [0.15, 0.2) is 0 Å². The topological polar surface area (TPSA) is 85.4 Å². The molecule has 1 atom stereocenters. The molecule has 0 saturated heterocycles. The smallest absolute Gasteiger partial charge is 0.254 e. The summed E-state index contributed by atoms with van der Waals surface area (Å²) < 4.78 is 11.0. The molecule has 1 aliphatic heterocycles. The van der Waals surface area contributed by atoms with Gasteiger partial charge in [0.05, 0.1) is 19.3 Å². The van der Waals surface area contributed by atoms with Gasteiger partial charge in [-0.25, -0.2) is 9.97 Å². The second-order valence-electron chi connectivity index (χ2n) is 5.89. The number of aromatic nitrogens is 2. The van der Waals surface area contributed by atoms with Crippen molar-refractivity contribution < 1.29 is 14.3 Å². The average molecular weight is 342 g/mol. The number of carbonyl (C=O) groups is 1. The van der Waals surface area contributed by atoms with Gasteiger partial charge in [0.1, 0.15) is 11.5 Å². The van der Waals surface area contributed by atoms with E-state index in [9.17, 15) is 4.79 Å². The van der Waals surface area contributed by atoms with Gasteiger partial charge in [-0.15, -0.1) is 0 Å². The van der Waals surface area contributed by atoms with Crippen molar-refractivity contribution in [3.63, 3.8) is 0 Å². The summed E-state index contributed by atoms with van der Waals surface area (Å²) in [5.41, 5.74) is 1.58. The molecule has 0 aliphatic carbocycles. The van der Waals surface area contributed by atoms with Crippen LogP contribution in [0.2, 0.25) is 0 Å². The van der Waals surface area contributed by atoms with E-state index in [0.29, 0.717) is 24.7 Å². The highest BCUT2D eigenvalue weighted by molar-refractivity contribution is 5.93. The number of fused-ring (bicyclic) bond motifs is 1. The van der Waals surface area contributed by atoms with Gasteiger partial charge in [-0.1, -0.05) is 6.07 Å². The lowest BCUT2D eigenvalue weighted by molar-refractivity contribution is 0.0938. The Morgan fingerprint density at radius 2 is 2.16 bits per heavy atom. The maximum Gasteiger partial charge on any atom is 0.254 e. The van der Waals surface area contributed by atoms with Crippen molar-refractivity contribution in [2.75, 3.05) is 32.1 Å². The van der Waals surface area contributed by atoms with Crippen LogP contribution in [0.25, 0.3) is 0 Å². The van der Waals surface area contributed by atoms with Crippen LogP contribution in [0.15, 0.2) is 30.6 Å². The van der Waals surface area contributed by atoms with Crippen LogP contribution in [0.4, 0.5) is 5.95 Å². The van der Waals surface area contributed by atoms with E-state index in [-0.39, 0.29) is 11.8 Å². The zero-order chi connectivity index (χ0) is 17.6. The van der Waals surface area contributed by atoms with Crippen LogP contribution in [0, 0.1) is 5.92 Å². The molecule has 25 heavy (non-hydrogen) atoms. The lowest BCUT2D eigenvalue weighted by Crippen LogP contribution is -2.34. The minimum Gasteiger partial charge on any atom is -0.497 e. The number of hydrogen-bond donors (Lipinski definition) is 2. The Balaban J connectivity index is 1.54. The minimum atomic E-state index is -0.177. The van der Waals surface area contributed by atoms with Gasteiger partial charge in [-0.05, 0) is 25.0 Å². The number of carbonyl (C=O) groups excluding carboxylic acids is 1. The van der Waals surface area contributed by atoms with Crippen molar-refractivity contribution >= 4 is 11.9 Å². The van der Waals surface area contributed by atoms with Gasteiger partial charge in [0, 0.05) is 37.5 Å². The number of amides is 1. The summed E-state index contributed by atoms with van der Waals surface area (Å²) in [4.78, 5) is 20.4. The predicted molar refractivity (Wildman–Crippen MR) is 94.2 cm³/mol. The van der Waals surface area contributed by atoms with E-state index in [2.05, 4.69) is 20.6 Å². The van der Waals surface area contributed by atoms with E-state index in [1.807, 2.05) is 25.1 Å². The Labute approximate surface area is 146 Å². The summed E-state index contributed by atoms with van der Waals surface area (Å²) in [6.07, 6.45) is 3.91. The molecule has 0 spiro atoms. The van der Waals surface area contributed by atoms with Gasteiger partial charge >= 0.3 is 0 Å². The third kappa shape index (κ3) is 4.17. The Kier molecular flexibility index (Phi) is 5.33. The molecule has 1 aromatic carbocycles. The van der Waals surface area contributed by atoms with E-state index in [1.165, 1.54) is 12.4 Å². The molecule has 132 valence electrons. The Bertz CT molecular complexity index is 734. The molecule has 0 saturated carbocycles. The van der Waals surface area contributed by atoms with Crippen LogP contribution < -0.4 is 20.1 Å². The van der Waals surface area contributed by atoms with Crippen molar-refractivity contribution in [1.29, 1.82) is 0 Å². The van der Waals surface area contributed by atoms with Crippen molar-refractivity contribution in [1.82, 2.24) is 15.3 Å². The maximum atomic E-state index is 12.2. The second kappa shape index (κ2) is 7.83. The number of rotatable bonds is 6. The Hall–Kier alpha value is -2.83. The molecule has 1 aliphatic rings. The minimum absolute atomic E-state index is 0.177. The van der Waals surface area contributed by atoms with E-state index in [1.54, 1.807) is 7.11 Å². The number of ether oxygens (including phenoxy) is 2. The van der Waals surface area contributed by atoms with Crippen molar-refractivity contribution in [2.45, 2.75) is 13.3 Å². The van der Waals surface area contributed by atoms with Gasteiger partial charge in [-0.2, -0.15) is 0 Å².